The molecular weight excluding hydrogens is 439 g/mol. The van der Waals surface area contributed by atoms with E-state index in [1.165, 1.54) is 5.56 Å². The van der Waals surface area contributed by atoms with Gasteiger partial charge in [0.05, 0.1) is 12.2 Å². The molecule has 1 unspecified atom stereocenters. The van der Waals surface area contributed by atoms with Gasteiger partial charge in [0, 0.05) is 38.4 Å². The Kier molecular flexibility index (Phi) is 9.07. The van der Waals surface area contributed by atoms with Crippen LogP contribution in [0.3, 0.4) is 0 Å². The minimum Gasteiger partial charge on any atom is -0.355 e. The number of guanidine groups is 1. The maximum Gasteiger partial charge on any atom is 0.191 e. The fourth-order valence-electron chi connectivity index (χ4n) is 2.74. The van der Waals surface area contributed by atoms with Gasteiger partial charge in [-0.05, 0) is 32.4 Å². The van der Waals surface area contributed by atoms with Crippen molar-refractivity contribution in [3.05, 3.63) is 53.9 Å². The molecule has 0 fully saturated rings. The predicted molar refractivity (Wildman–Crippen MR) is 119 cm³/mol. The van der Waals surface area contributed by atoms with Gasteiger partial charge in [-0.2, -0.15) is 5.10 Å². The standard InChI is InChI=1S/C19H30N6.HI/c1-15(16-9-7-6-8-10-16)24-19(2,3)14-22-18(20-4)21-13-17-11-12-23-25(17)5;/h6-12,15,24H,13-14H2,1-5H3,(H2,20,21,22);1H. The van der Waals surface area contributed by atoms with Crippen LogP contribution in [0.2, 0.25) is 0 Å². The normalized spacial score (nSPS) is 13.0. The molecule has 26 heavy (non-hydrogen) atoms. The largest absolute Gasteiger partial charge is 0.355 e. The summed E-state index contributed by atoms with van der Waals surface area (Å²) in [5.74, 6) is 0.781. The first-order valence-corrected chi connectivity index (χ1v) is 8.65. The minimum atomic E-state index is -0.0839. The molecule has 0 spiro atoms. The predicted octanol–water partition coefficient (Wildman–Crippen LogP) is 2.83. The fourth-order valence-corrected chi connectivity index (χ4v) is 2.74. The first kappa shape index (κ1) is 22.4. The number of hydrogen-bond acceptors (Lipinski definition) is 3. The number of rotatable bonds is 7. The van der Waals surface area contributed by atoms with E-state index < -0.39 is 0 Å². The molecule has 0 aliphatic carbocycles. The highest BCUT2D eigenvalue weighted by Gasteiger charge is 2.21. The van der Waals surface area contributed by atoms with E-state index in [4.69, 9.17) is 0 Å². The molecule has 0 radical (unpaired) electrons. The van der Waals surface area contributed by atoms with Crippen LogP contribution in [0.4, 0.5) is 0 Å². The Hall–Kier alpha value is -1.61. The Morgan fingerprint density at radius 2 is 1.88 bits per heavy atom. The maximum atomic E-state index is 4.29. The first-order valence-electron chi connectivity index (χ1n) is 8.65. The molecule has 144 valence electrons. The Bertz CT molecular complexity index is 680. The SMILES string of the molecule is CN=C(NCc1ccnn1C)NCC(C)(C)NC(C)c1ccccc1.I. The third-order valence-electron chi connectivity index (χ3n) is 4.19. The lowest BCUT2D eigenvalue weighted by atomic mass is 10.0. The Balaban J connectivity index is 0.00000338. The third-order valence-corrected chi connectivity index (χ3v) is 4.19. The van der Waals surface area contributed by atoms with E-state index in [-0.39, 0.29) is 35.6 Å². The van der Waals surface area contributed by atoms with Gasteiger partial charge in [-0.15, -0.1) is 24.0 Å². The lowest BCUT2D eigenvalue weighted by Gasteiger charge is -2.31. The summed E-state index contributed by atoms with van der Waals surface area (Å²) in [4.78, 5) is 4.29. The molecule has 0 saturated heterocycles. The van der Waals surface area contributed by atoms with Gasteiger partial charge in [-0.1, -0.05) is 30.3 Å². The summed E-state index contributed by atoms with van der Waals surface area (Å²) >= 11 is 0. The Morgan fingerprint density at radius 1 is 1.19 bits per heavy atom. The molecule has 2 aromatic rings. The van der Waals surface area contributed by atoms with Crippen molar-refractivity contribution in [3.63, 3.8) is 0 Å². The van der Waals surface area contributed by atoms with Crippen molar-refractivity contribution in [2.24, 2.45) is 12.0 Å². The van der Waals surface area contributed by atoms with Gasteiger partial charge < -0.3 is 16.0 Å². The zero-order valence-corrected chi connectivity index (χ0v) is 18.6. The molecule has 1 atom stereocenters. The van der Waals surface area contributed by atoms with Gasteiger partial charge in [-0.25, -0.2) is 0 Å². The van der Waals surface area contributed by atoms with Gasteiger partial charge in [-0.3, -0.25) is 9.67 Å². The van der Waals surface area contributed by atoms with Crippen LogP contribution < -0.4 is 16.0 Å². The second-order valence-corrected chi connectivity index (χ2v) is 6.89. The van der Waals surface area contributed by atoms with Crippen molar-refractivity contribution in [1.82, 2.24) is 25.7 Å². The van der Waals surface area contributed by atoms with Crippen LogP contribution >= 0.6 is 24.0 Å². The van der Waals surface area contributed by atoms with Crippen molar-refractivity contribution < 1.29 is 0 Å². The second-order valence-electron chi connectivity index (χ2n) is 6.89. The molecule has 3 N–H and O–H groups in total. The minimum absolute atomic E-state index is 0. The summed E-state index contributed by atoms with van der Waals surface area (Å²) < 4.78 is 1.85. The summed E-state index contributed by atoms with van der Waals surface area (Å²) in [7, 11) is 3.72. The molecule has 0 bridgehead atoms. The number of halogens is 1. The molecule has 0 aliphatic rings. The van der Waals surface area contributed by atoms with Gasteiger partial charge in [0.1, 0.15) is 0 Å². The van der Waals surface area contributed by atoms with E-state index in [9.17, 15) is 0 Å². The molecule has 1 aromatic carbocycles. The van der Waals surface area contributed by atoms with E-state index in [1.807, 2.05) is 23.9 Å². The highest BCUT2D eigenvalue weighted by Crippen LogP contribution is 2.15. The third kappa shape index (κ3) is 6.95. The van der Waals surface area contributed by atoms with Gasteiger partial charge in [0.25, 0.3) is 0 Å². The van der Waals surface area contributed by atoms with Crippen LogP contribution in [0.25, 0.3) is 0 Å². The molecule has 0 aliphatic heterocycles. The van der Waals surface area contributed by atoms with Crippen molar-refractivity contribution in [1.29, 1.82) is 0 Å². The molecule has 1 aromatic heterocycles. The Labute approximate surface area is 173 Å². The van der Waals surface area contributed by atoms with Crippen molar-refractivity contribution in [2.45, 2.75) is 38.9 Å². The van der Waals surface area contributed by atoms with Gasteiger partial charge in [0.2, 0.25) is 0 Å². The zero-order chi connectivity index (χ0) is 18.3. The highest BCUT2D eigenvalue weighted by molar-refractivity contribution is 14.0. The molecule has 2 rings (SSSR count). The van der Waals surface area contributed by atoms with Crippen LogP contribution in [-0.4, -0.2) is 34.9 Å². The lowest BCUT2D eigenvalue weighted by Crippen LogP contribution is -2.52. The van der Waals surface area contributed by atoms with Gasteiger partial charge in [0.15, 0.2) is 5.96 Å². The Morgan fingerprint density at radius 3 is 2.46 bits per heavy atom. The first-order chi connectivity index (χ1) is 11.9. The maximum absolute atomic E-state index is 4.29. The van der Waals surface area contributed by atoms with Gasteiger partial charge >= 0.3 is 0 Å². The summed E-state index contributed by atoms with van der Waals surface area (Å²) in [6, 6.07) is 12.8. The quantitative estimate of drug-likeness (QED) is 0.331. The van der Waals surface area contributed by atoms with E-state index in [1.54, 1.807) is 13.2 Å². The van der Waals surface area contributed by atoms with E-state index in [0.29, 0.717) is 6.54 Å². The second kappa shape index (κ2) is 10.5. The topological polar surface area (TPSA) is 66.3 Å². The number of nitrogens with zero attached hydrogens (tertiary/aromatic N) is 3. The van der Waals surface area contributed by atoms with Crippen LogP contribution in [0, 0.1) is 0 Å². The van der Waals surface area contributed by atoms with Crippen LogP contribution in [0.1, 0.15) is 38.1 Å². The lowest BCUT2D eigenvalue weighted by molar-refractivity contribution is 0.344. The van der Waals surface area contributed by atoms with Crippen LogP contribution in [0.5, 0.6) is 0 Å². The molecule has 0 saturated carbocycles. The molecule has 0 amide bonds. The summed E-state index contributed by atoms with van der Waals surface area (Å²) in [5.41, 5.74) is 2.31. The number of nitrogens with one attached hydrogen (secondary N) is 3. The number of aliphatic imine (C=N–C) groups is 1. The number of hydrogen-bond donors (Lipinski definition) is 3. The number of aryl methyl sites for hydroxylation is 1. The molecule has 1 heterocycles. The number of benzene rings is 1. The summed E-state index contributed by atoms with van der Waals surface area (Å²) in [6.07, 6.45) is 1.80. The van der Waals surface area contributed by atoms with Crippen molar-refractivity contribution in [2.75, 3.05) is 13.6 Å². The van der Waals surface area contributed by atoms with Crippen LogP contribution in [-0.2, 0) is 13.6 Å². The average molecular weight is 470 g/mol. The van der Waals surface area contributed by atoms with Crippen molar-refractivity contribution >= 4 is 29.9 Å². The zero-order valence-electron chi connectivity index (χ0n) is 16.3. The van der Waals surface area contributed by atoms with Crippen molar-refractivity contribution in [3.8, 4) is 0 Å². The number of aromatic nitrogens is 2. The average Bonchev–Trinajstić information content (AvgIpc) is 3.00. The highest BCUT2D eigenvalue weighted by atomic mass is 127. The summed E-state index contributed by atoms with van der Waals surface area (Å²) in [6.45, 7) is 8.01. The fraction of sp³-hybridized carbons (Fsp3) is 0.474. The van der Waals surface area contributed by atoms with E-state index in [0.717, 1.165) is 18.2 Å². The van der Waals surface area contributed by atoms with E-state index in [2.05, 4.69) is 71.1 Å². The molecule has 6 nitrogen and oxygen atoms in total. The van der Waals surface area contributed by atoms with Crippen LogP contribution in [0.15, 0.2) is 47.6 Å². The smallest absolute Gasteiger partial charge is 0.191 e. The monoisotopic (exact) mass is 470 g/mol. The molecule has 7 heteroatoms. The summed E-state index contributed by atoms with van der Waals surface area (Å²) in [5, 5.41) is 14.6. The van der Waals surface area contributed by atoms with E-state index >= 15 is 0 Å². The molecular formula is C19H31IN6.